The summed E-state index contributed by atoms with van der Waals surface area (Å²) in [7, 11) is 0. The molecule has 0 bridgehead atoms. The van der Waals surface area contributed by atoms with Crippen molar-refractivity contribution in [1.82, 2.24) is 9.80 Å². The minimum Gasteiger partial charge on any atom is -0.368 e. The summed E-state index contributed by atoms with van der Waals surface area (Å²) in [4.78, 5) is 19.4. The Balaban J connectivity index is 1.50. The molecule has 4 nitrogen and oxygen atoms in total. The van der Waals surface area contributed by atoms with E-state index in [-0.39, 0.29) is 0 Å². The monoisotopic (exact) mass is 329 g/mol. The standard InChI is InChI=1S/C20H31N3O/c1-16-5-4-6-19(12-16)22-7-9-23(10-8-22)20(24)15-21-13-17(2)11-18(3)14-21/h4-6,12,17-18H,7-11,13-15H2,1-3H3. The van der Waals surface area contributed by atoms with Gasteiger partial charge in [-0.2, -0.15) is 0 Å². The van der Waals surface area contributed by atoms with Crippen molar-refractivity contribution in [3.8, 4) is 0 Å². The third kappa shape index (κ3) is 4.29. The van der Waals surface area contributed by atoms with Crippen molar-refractivity contribution in [3.05, 3.63) is 29.8 Å². The number of carbonyl (C=O) groups is 1. The first kappa shape index (κ1) is 17.3. The van der Waals surface area contributed by atoms with Gasteiger partial charge in [-0.15, -0.1) is 0 Å². The van der Waals surface area contributed by atoms with E-state index in [2.05, 4.69) is 59.7 Å². The van der Waals surface area contributed by atoms with Crippen LogP contribution in [0.3, 0.4) is 0 Å². The average Bonchev–Trinajstić information content (AvgIpc) is 2.54. The van der Waals surface area contributed by atoms with Crippen molar-refractivity contribution in [3.63, 3.8) is 0 Å². The lowest BCUT2D eigenvalue weighted by molar-refractivity contribution is -0.133. The number of nitrogens with zero attached hydrogens (tertiary/aromatic N) is 3. The van der Waals surface area contributed by atoms with Crippen LogP contribution in [0.25, 0.3) is 0 Å². The van der Waals surface area contributed by atoms with E-state index in [1.165, 1.54) is 17.7 Å². The number of aryl methyl sites for hydroxylation is 1. The zero-order valence-electron chi connectivity index (χ0n) is 15.4. The summed E-state index contributed by atoms with van der Waals surface area (Å²) in [5, 5.41) is 0. The largest absolute Gasteiger partial charge is 0.368 e. The number of hydrogen-bond donors (Lipinski definition) is 0. The van der Waals surface area contributed by atoms with Crippen LogP contribution in [0.2, 0.25) is 0 Å². The van der Waals surface area contributed by atoms with Gasteiger partial charge >= 0.3 is 0 Å². The van der Waals surface area contributed by atoms with Crippen LogP contribution in [0.1, 0.15) is 25.8 Å². The lowest BCUT2D eigenvalue weighted by Crippen LogP contribution is -2.52. The summed E-state index contributed by atoms with van der Waals surface area (Å²) in [5.74, 6) is 1.72. The maximum atomic E-state index is 12.6. The van der Waals surface area contributed by atoms with Crippen LogP contribution in [0.5, 0.6) is 0 Å². The maximum Gasteiger partial charge on any atom is 0.236 e. The summed E-state index contributed by atoms with van der Waals surface area (Å²) in [6.07, 6.45) is 1.29. The molecule has 1 aromatic rings. The van der Waals surface area contributed by atoms with Crippen molar-refractivity contribution < 1.29 is 4.79 Å². The van der Waals surface area contributed by atoms with Crippen molar-refractivity contribution in [2.75, 3.05) is 50.7 Å². The van der Waals surface area contributed by atoms with E-state index in [4.69, 9.17) is 0 Å². The SMILES string of the molecule is Cc1cccc(N2CCN(C(=O)CN3CC(C)CC(C)C3)CC2)c1. The molecule has 132 valence electrons. The lowest BCUT2D eigenvalue weighted by Gasteiger charge is -2.39. The van der Waals surface area contributed by atoms with Crippen molar-refractivity contribution >= 4 is 11.6 Å². The molecule has 2 aliphatic heterocycles. The molecule has 3 rings (SSSR count). The van der Waals surface area contributed by atoms with Crippen LogP contribution >= 0.6 is 0 Å². The third-order valence-corrected chi connectivity index (χ3v) is 5.30. The molecule has 0 saturated carbocycles. The van der Waals surface area contributed by atoms with Crippen LogP contribution < -0.4 is 4.90 Å². The number of piperidine rings is 1. The third-order valence-electron chi connectivity index (χ3n) is 5.30. The van der Waals surface area contributed by atoms with Gasteiger partial charge in [-0.1, -0.05) is 26.0 Å². The topological polar surface area (TPSA) is 26.8 Å². The first-order valence-electron chi connectivity index (χ1n) is 9.33. The Hall–Kier alpha value is -1.55. The molecule has 24 heavy (non-hydrogen) atoms. The van der Waals surface area contributed by atoms with Gasteiger partial charge in [0.1, 0.15) is 0 Å². The Morgan fingerprint density at radius 1 is 1.08 bits per heavy atom. The Labute approximate surface area is 146 Å². The highest BCUT2D eigenvalue weighted by Gasteiger charge is 2.26. The van der Waals surface area contributed by atoms with Gasteiger partial charge in [-0.05, 0) is 42.9 Å². The first-order chi connectivity index (χ1) is 11.5. The fourth-order valence-electron chi connectivity index (χ4n) is 4.25. The Morgan fingerprint density at radius 2 is 1.75 bits per heavy atom. The number of benzene rings is 1. The first-order valence-corrected chi connectivity index (χ1v) is 9.33. The molecule has 0 aliphatic carbocycles. The summed E-state index contributed by atoms with van der Waals surface area (Å²) >= 11 is 0. The molecular formula is C20H31N3O. The Bertz CT molecular complexity index is 556. The molecule has 0 N–H and O–H groups in total. The van der Waals surface area contributed by atoms with E-state index >= 15 is 0 Å². The van der Waals surface area contributed by atoms with Crippen LogP contribution in [0.4, 0.5) is 5.69 Å². The molecule has 4 heteroatoms. The van der Waals surface area contributed by atoms with Crippen LogP contribution in [0, 0.1) is 18.8 Å². The van der Waals surface area contributed by atoms with Gasteiger partial charge in [0.25, 0.3) is 0 Å². The molecule has 0 aromatic heterocycles. The average molecular weight is 329 g/mol. The molecule has 1 aromatic carbocycles. The van der Waals surface area contributed by atoms with E-state index in [1.54, 1.807) is 0 Å². The molecule has 2 heterocycles. The van der Waals surface area contributed by atoms with Crippen molar-refractivity contribution in [2.45, 2.75) is 27.2 Å². The number of carbonyl (C=O) groups excluding carboxylic acids is 1. The van der Waals surface area contributed by atoms with Gasteiger partial charge in [-0.25, -0.2) is 0 Å². The zero-order chi connectivity index (χ0) is 17.1. The highest BCUT2D eigenvalue weighted by atomic mass is 16.2. The predicted molar refractivity (Wildman–Crippen MR) is 99.4 cm³/mol. The second kappa shape index (κ2) is 7.56. The van der Waals surface area contributed by atoms with Crippen LogP contribution in [-0.4, -0.2) is 61.5 Å². The second-order valence-corrected chi connectivity index (χ2v) is 7.85. The van der Waals surface area contributed by atoms with E-state index < -0.39 is 0 Å². The van der Waals surface area contributed by atoms with E-state index in [9.17, 15) is 4.79 Å². The quantitative estimate of drug-likeness (QED) is 0.853. The summed E-state index contributed by atoms with van der Waals surface area (Å²) in [6.45, 7) is 13.0. The molecular weight excluding hydrogens is 298 g/mol. The molecule has 0 spiro atoms. The fraction of sp³-hybridized carbons (Fsp3) is 0.650. The van der Waals surface area contributed by atoms with Gasteiger partial charge in [0.05, 0.1) is 6.54 Å². The van der Waals surface area contributed by atoms with Gasteiger partial charge < -0.3 is 9.80 Å². The zero-order valence-corrected chi connectivity index (χ0v) is 15.4. The smallest absolute Gasteiger partial charge is 0.236 e. The molecule has 2 saturated heterocycles. The number of amides is 1. The number of likely N-dealkylation sites (tertiary alicyclic amines) is 1. The minimum absolute atomic E-state index is 0.306. The molecule has 2 aliphatic rings. The number of hydrogen-bond acceptors (Lipinski definition) is 3. The summed E-state index contributed by atoms with van der Waals surface area (Å²) in [5.41, 5.74) is 2.57. The van der Waals surface area contributed by atoms with Crippen LogP contribution in [-0.2, 0) is 4.79 Å². The van der Waals surface area contributed by atoms with E-state index in [1.807, 2.05) is 0 Å². The van der Waals surface area contributed by atoms with Gasteiger partial charge in [-0.3, -0.25) is 9.69 Å². The lowest BCUT2D eigenvalue weighted by atomic mass is 9.92. The maximum absolute atomic E-state index is 12.6. The van der Waals surface area contributed by atoms with Crippen LogP contribution in [0.15, 0.2) is 24.3 Å². The number of rotatable bonds is 3. The Morgan fingerprint density at radius 3 is 2.38 bits per heavy atom. The number of piperazine rings is 1. The van der Waals surface area contributed by atoms with Crippen molar-refractivity contribution in [1.29, 1.82) is 0 Å². The van der Waals surface area contributed by atoms with E-state index in [0.29, 0.717) is 24.3 Å². The minimum atomic E-state index is 0.306. The highest BCUT2D eigenvalue weighted by Crippen LogP contribution is 2.21. The predicted octanol–water partition coefficient (Wildman–Crippen LogP) is 2.62. The molecule has 2 atom stereocenters. The normalized spacial score (nSPS) is 25.8. The summed E-state index contributed by atoms with van der Waals surface area (Å²) < 4.78 is 0. The number of anilines is 1. The van der Waals surface area contributed by atoms with Crippen molar-refractivity contribution in [2.24, 2.45) is 11.8 Å². The highest BCUT2D eigenvalue weighted by molar-refractivity contribution is 5.78. The molecule has 1 amide bonds. The second-order valence-electron chi connectivity index (χ2n) is 7.85. The van der Waals surface area contributed by atoms with E-state index in [0.717, 1.165) is 39.3 Å². The summed E-state index contributed by atoms with van der Waals surface area (Å²) in [6, 6.07) is 8.64. The fourth-order valence-corrected chi connectivity index (χ4v) is 4.25. The molecule has 2 unspecified atom stereocenters. The Kier molecular flexibility index (Phi) is 5.44. The van der Waals surface area contributed by atoms with Gasteiger partial charge in [0, 0.05) is 45.0 Å². The van der Waals surface area contributed by atoms with Gasteiger partial charge in [0.2, 0.25) is 5.91 Å². The van der Waals surface area contributed by atoms with Gasteiger partial charge in [0.15, 0.2) is 0 Å². The molecule has 0 radical (unpaired) electrons. The molecule has 2 fully saturated rings.